The highest BCUT2D eigenvalue weighted by Gasteiger charge is 2.33. The summed E-state index contributed by atoms with van der Waals surface area (Å²) in [5.74, 6) is 1.34. The predicted molar refractivity (Wildman–Crippen MR) is 131 cm³/mol. The van der Waals surface area contributed by atoms with Crippen molar-refractivity contribution in [1.82, 2.24) is 9.47 Å². The highest BCUT2D eigenvalue weighted by molar-refractivity contribution is 8.26. The molecule has 1 aromatic heterocycles. The van der Waals surface area contributed by atoms with Gasteiger partial charge in [-0.2, -0.15) is 5.26 Å². The Morgan fingerprint density at radius 2 is 1.94 bits per heavy atom. The molecule has 2 saturated heterocycles. The second-order valence-electron chi connectivity index (χ2n) is 8.42. The third-order valence-corrected chi connectivity index (χ3v) is 7.56. The van der Waals surface area contributed by atoms with Crippen LogP contribution in [0.5, 0.6) is 0 Å². The smallest absolute Gasteiger partial charge is 0.270 e. The quantitative estimate of drug-likeness (QED) is 0.362. The monoisotopic (exact) mass is 458 g/mol. The zero-order valence-electron chi connectivity index (χ0n) is 18.7. The van der Waals surface area contributed by atoms with Gasteiger partial charge in [-0.05, 0) is 43.7 Å². The predicted octanol–water partition coefficient (Wildman–Crippen LogP) is 4.19. The van der Waals surface area contributed by atoms with Crippen LogP contribution in [0.4, 0.5) is 5.82 Å². The Balaban J connectivity index is 2.07. The summed E-state index contributed by atoms with van der Waals surface area (Å²) < 4.78 is 2.14. The van der Waals surface area contributed by atoms with Gasteiger partial charge in [-0.15, -0.1) is 0 Å². The molecule has 0 bridgehead atoms. The molecule has 0 aromatic carbocycles. The number of rotatable bonds is 6. The number of thiocarbonyl (C=S) groups is 1. The lowest BCUT2D eigenvalue weighted by Gasteiger charge is -2.34. The molecule has 0 atom stereocenters. The fraction of sp³-hybridized carbons (Fsp3) is 0.565. The first-order chi connectivity index (χ1) is 14.8. The van der Waals surface area contributed by atoms with E-state index in [1.807, 2.05) is 6.08 Å². The van der Waals surface area contributed by atoms with Gasteiger partial charge in [-0.1, -0.05) is 50.7 Å². The number of unbranched alkanes of at least 4 members (excludes halogenated alkanes) is 2. The van der Waals surface area contributed by atoms with E-state index in [2.05, 4.69) is 24.8 Å². The van der Waals surface area contributed by atoms with Crippen LogP contribution < -0.4 is 10.5 Å². The molecule has 31 heavy (non-hydrogen) atoms. The largest absolute Gasteiger partial charge is 0.357 e. The molecule has 0 aliphatic carbocycles. The van der Waals surface area contributed by atoms with Crippen molar-refractivity contribution in [2.45, 2.75) is 52.9 Å². The number of piperidine rings is 1. The lowest BCUT2D eigenvalue weighted by Crippen LogP contribution is -2.38. The SMILES string of the molecule is CCCCCN1C(=O)C(=Cc2c(C)c(C#N)c(=O)n(C)c2N2CCC(C)CC2)SC1=S. The van der Waals surface area contributed by atoms with E-state index in [1.54, 1.807) is 23.4 Å². The molecule has 3 rings (SSSR count). The number of amides is 1. The highest BCUT2D eigenvalue weighted by atomic mass is 32.2. The Morgan fingerprint density at radius 1 is 1.26 bits per heavy atom. The average molecular weight is 459 g/mol. The number of hydrogen-bond acceptors (Lipinski definition) is 6. The van der Waals surface area contributed by atoms with Crippen molar-refractivity contribution in [2.75, 3.05) is 24.5 Å². The number of anilines is 1. The summed E-state index contributed by atoms with van der Waals surface area (Å²) in [4.78, 5) is 30.3. The molecule has 6 nitrogen and oxygen atoms in total. The van der Waals surface area contributed by atoms with E-state index in [-0.39, 0.29) is 17.0 Å². The first-order valence-corrected chi connectivity index (χ1v) is 12.2. The van der Waals surface area contributed by atoms with Crippen LogP contribution in [0, 0.1) is 24.2 Å². The highest BCUT2D eigenvalue weighted by Crippen LogP contribution is 2.36. The van der Waals surface area contributed by atoms with Crippen LogP contribution in [0.15, 0.2) is 9.70 Å². The molecule has 3 heterocycles. The zero-order valence-corrected chi connectivity index (χ0v) is 20.4. The number of hydrogen-bond donors (Lipinski definition) is 0. The maximum Gasteiger partial charge on any atom is 0.270 e. The number of nitrogens with zero attached hydrogens (tertiary/aromatic N) is 4. The van der Waals surface area contributed by atoms with Crippen LogP contribution in [-0.4, -0.2) is 39.3 Å². The van der Waals surface area contributed by atoms with Gasteiger partial charge in [0.05, 0.1) is 4.91 Å². The maximum atomic E-state index is 13.1. The molecule has 0 spiro atoms. The van der Waals surface area contributed by atoms with E-state index in [1.165, 1.54) is 11.8 Å². The lowest BCUT2D eigenvalue weighted by molar-refractivity contribution is -0.122. The van der Waals surface area contributed by atoms with Gasteiger partial charge < -0.3 is 4.90 Å². The standard InChI is InChI=1S/C23H30N4O2S2/c1-5-6-7-10-27-22(29)19(31-23(27)30)13-17-16(3)18(14-24)21(28)25(4)20(17)26-11-8-15(2)9-12-26/h13,15H,5-12H2,1-4H3. The number of thioether (sulfide) groups is 1. The molecule has 1 aromatic rings. The minimum absolute atomic E-state index is 0.0870. The summed E-state index contributed by atoms with van der Waals surface area (Å²) >= 11 is 6.77. The summed E-state index contributed by atoms with van der Waals surface area (Å²) in [6.07, 6.45) is 6.99. The number of carbonyl (C=O) groups is 1. The Kier molecular flexibility index (Phi) is 7.60. The van der Waals surface area contributed by atoms with Crippen LogP contribution in [0.1, 0.15) is 62.6 Å². The minimum Gasteiger partial charge on any atom is -0.357 e. The third-order valence-electron chi connectivity index (χ3n) is 6.19. The van der Waals surface area contributed by atoms with E-state index in [9.17, 15) is 14.9 Å². The second kappa shape index (κ2) is 10.0. The van der Waals surface area contributed by atoms with E-state index >= 15 is 0 Å². The van der Waals surface area contributed by atoms with Gasteiger partial charge in [-0.25, -0.2) is 0 Å². The molecular weight excluding hydrogens is 428 g/mol. The Morgan fingerprint density at radius 3 is 2.55 bits per heavy atom. The number of nitriles is 1. The number of carbonyl (C=O) groups excluding carboxylic acids is 1. The van der Waals surface area contributed by atoms with Crippen molar-refractivity contribution < 1.29 is 4.79 Å². The Hall–Kier alpha value is -2.11. The molecule has 0 radical (unpaired) electrons. The average Bonchev–Trinajstić information content (AvgIpc) is 3.01. The van der Waals surface area contributed by atoms with Gasteiger partial charge in [0, 0.05) is 32.2 Å². The van der Waals surface area contributed by atoms with Crippen molar-refractivity contribution in [3.63, 3.8) is 0 Å². The van der Waals surface area contributed by atoms with Crippen molar-refractivity contribution in [3.8, 4) is 6.07 Å². The molecule has 0 N–H and O–H groups in total. The molecular formula is C23H30N4O2S2. The summed E-state index contributed by atoms with van der Waals surface area (Å²) in [7, 11) is 1.71. The molecule has 2 aliphatic heterocycles. The first-order valence-electron chi connectivity index (χ1n) is 10.9. The van der Waals surface area contributed by atoms with E-state index < -0.39 is 0 Å². The van der Waals surface area contributed by atoms with Crippen LogP contribution in [-0.2, 0) is 11.8 Å². The normalized spacial score (nSPS) is 18.9. The van der Waals surface area contributed by atoms with Crippen LogP contribution in [0.3, 0.4) is 0 Å². The minimum atomic E-state index is -0.294. The van der Waals surface area contributed by atoms with E-state index in [0.29, 0.717) is 27.3 Å². The first kappa shape index (κ1) is 23.6. The summed E-state index contributed by atoms with van der Waals surface area (Å²) in [5, 5.41) is 9.60. The molecule has 0 saturated carbocycles. The van der Waals surface area contributed by atoms with E-state index in [4.69, 9.17) is 12.2 Å². The molecule has 2 aliphatic rings. The molecule has 0 unspecified atom stereocenters. The summed E-state index contributed by atoms with van der Waals surface area (Å²) in [6.45, 7) is 8.48. The molecule has 166 valence electrons. The Labute approximate surface area is 193 Å². The summed E-state index contributed by atoms with van der Waals surface area (Å²) in [6, 6.07) is 2.06. The van der Waals surface area contributed by atoms with Crippen molar-refractivity contribution in [1.29, 1.82) is 5.26 Å². The summed E-state index contributed by atoms with van der Waals surface area (Å²) in [5.41, 5.74) is 1.22. The second-order valence-corrected chi connectivity index (χ2v) is 10.1. The molecule has 8 heteroatoms. The van der Waals surface area contributed by atoms with Gasteiger partial charge in [-0.3, -0.25) is 19.1 Å². The lowest BCUT2D eigenvalue weighted by atomic mass is 9.97. The fourth-order valence-corrected chi connectivity index (χ4v) is 5.45. The van der Waals surface area contributed by atoms with Gasteiger partial charge in [0.25, 0.3) is 11.5 Å². The van der Waals surface area contributed by atoms with Gasteiger partial charge in [0.1, 0.15) is 21.8 Å². The number of aromatic nitrogens is 1. The fourth-order valence-electron chi connectivity index (χ4n) is 4.16. The van der Waals surface area contributed by atoms with Gasteiger partial charge in [0.15, 0.2) is 0 Å². The molecule has 2 fully saturated rings. The third kappa shape index (κ3) is 4.73. The molecule has 1 amide bonds. The zero-order chi connectivity index (χ0) is 22.7. The van der Waals surface area contributed by atoms with Crippen molar-refractivity contribution >= 4 is 46.1 Å². The van der Waals surface area contributed by atoms with Crippen LogP contribution >= 0.6 is 24.0 Å². The van der Waals surface area contributed by atoms with Gasteiger partial charge in [0.2, 0.25) is 0 Å². The van der Waals surface area contributed by atoms with Crippen LogP contribution in [0.2, 0.25) is 0 Å². The topological polar surface area (TPSA) is 69.3 Å². The van der Waals surface area contributed by atoms with E-state index in [0.717, 1.165) is 56.6 Å². The number of pyridine rings is 1. The van der Waals surface area contributed by atoms with Gasteiger partial charge >= 0.3 is 0 Å². The van der Waals surface area contributed by atoms with Crippen molar-refractivity contribution in [2.24, 2.45) is 13.0 Å². The van der Waals surface area contributed by atoms with Crippen LogP contribution in [0.25, 0.3) is 6.08 Å². The maximum absolute atomic E-state index is 13.1. The van der Waals surface area contributed by atoms with Crippen molar-refractivity contribution in [3.05, 3.63) is 31.9 Å². The Bertz CT molecular complexity index is 1010.